The summed E-state index contributed by atoms with van der Waals surface area (Å²) in [5.74, 6) is -0.437. The number of primary amides is 1. The van der Waals surface area contributed by atoms with Crippen LogP contribution in [0.4, 0.5) is 10.5 Å². The Hall–Kier alpha value is -4.03. The van der Waals surface area contributed by atoms with Gasteiger partial charge in [-0.15, -0.1) is 0 Å². The molecule has 4 rings (SSSR count). The van der Waals surface area contributed by atoms with Gasteiger partial charge < -0.3 is 35.5 Å². The number of amides is 2. The molecule has 42 heavy (non-hydrogen) atoms. The number of nitrogens with zero attached hydrogens (tertiary/aromatic N) is 4. The van der Waals surface area contributed by atoms with Crippen LogP contribution in [0, 0.1) is 5.92 Å². The highest BCUT2D eigenvalue weighted by Gasteiger charge is 2.35. The zero-order chi connectivity index (χ0) is 31.4. The van der Waals surface area contributed by atoms with Crippen LogP contribution in [0.1, 0.15) is 57.6 Å². The summed E-state index contributed by atoms with van der Waals surface area (Å²) in [5, 5.41) is 11.0. The van der Waals surface area contributed by atoms with Gasteiger partial charge in [0.05, 0.1) is 28.7 Å². The molecule has 0 bridgehead atoms. The maximum Gasteiger partial charge on any atom is 0.410 e. The van der Waals surface area contributed by atoms with Gasteiger partial charge >= 0.3 is 6.09 Å². The van der Waals surface area contributed by atoms with Crippen LogP contribution in [0.3, 0.4) is 0 Å². The van der Waals surface area contributed by atoms with Gasteiger partial charge in [0, 0.05) is 56.3 Å². The Morgan fingerprint density at radius 1 is 1.17 bits per heavy atom. The van der Waals surface area contributed by atoms with Crippen molar-refractivity contribution in [2.45, 2.75) is 59.7 Å². The van der Waals surface area contributed by atoms with Gasteiger partial charge in [-0.1, -0.05) is 26.8 Å². The molecule has 2 unspecified atom stereocenters. The van der Waals surface area contributed by atoms with Crippen molar-refractivity contribution < 1.29 is 23.9 Å². The quantitative estimate of drug-likeness (QED) is 0.337. The summed E-state index contributed by atoms with van der Waals surface area (Å²) in [6.07, 6.45) is 5.55. The van der Waals surface area contributed by atoms with Gasteiger partial charge in [-0.2, -0.15) is 5.10 Å². The molecule has 12 heteroatoms. The Morgan fingerprint density at radius 2 is 1.88 bits per heavy atom. The SMILES string of the molecule is CC.CNCc1ccc(-c2cc3c(NC4CN(C(=O)OC(C)(C)C)CC4C)c(C(N)=O)cnn3c2)cn1.COCC=O. The molecule has 0 aromatic carbocycles. The van der Waals surface area contributed by atoms with Gasteiger partial charge in [-0.05, 0) is 45.9 Å². The monoisotopic (exact) mass is 583 g/mol. The Balaban J connectivity index is 0.000000797. The van der Waals surface area contributed by atoms with E-state index < -0.39 is 11.5 Å². The molecule has 0 aliphatic carbocycles. The fourth-order valence-corrected chi connectivity index (χ4v) is 4.32. The Morgan fingerprint density at radius 3 is 2.40 bits per heavy atom. The first-order valence-electron chi connectivity index (χ1n) is 14.1. The summed E-state index contributed by atoms with van der Waals surface area (Å²) in [6.45, 7) is 13.5. The van der Waals surface area contributed by atoms with E-state index in [0.29, 0.717) is 37.2 Å². The molecule has 1 saturated heterocycles. The molecule has 3 aromatic rings. The molecule has 1 fully saturated rings. The Bertz CT molecular complexity index is 1320. The van der Waals surface area contributed by atoms with E-state index in [9.17, 15) is 14.4 Å². The molecule has 1 aliphatic rings. The van der Waals surface area contributed by atoms with Crippen molar-refractivity contribution in [2.75, 3.05) is 39.2 Å². The van der Waals surface area contributed by atoms with Crippen LogP contribution >= 0.6 is 0 Å². The van der Waals surface area contributed by atoms with Gasteiger partial charge in [0.25, 0.3) is 5.91 Å². The summed E-state index contributed by atoms with van der Waals surface area (Å²) in [6, 6.07) is 5.85. The van der Waals surface area contributed by atoms with E-state index in [2.05, 4.69) is 32.4 Å². The van der Waals surface area contributed by atoms with Crippen molar-refractivity contribution >= 4 is 29.5 Å². The normalized spacial score (nSPS) is 16.1. The van der Waals surface area contributed by atoms with Crippen molar-refractivity contribution in [1.82, 2.24) is 24.8 Å². The summed E-state index contributed by atoms with van der Waals surface area (Å²) >= 11 is 0. The van der Waals surface area contributed by atoms with Crippen molar-refractivity contribution in [1.29, 1.82) is 0 Å². The summed E-state index contributed by atoms with van der Waals surface area (Å²) in [5.41, 5.74) is 9.55. The number of aromatic nitrogens is 3. The number of carbonyl (C=O) groups is 3. The van der Waals surface area contributed by atoms with E-state index in [1.807, 2.05) is 72.3 Å². The molecular formula is C30H45N7O5. The topological polar surface area (TPSA) is 153 Å². The van der Waals surface area contributed by atoms with Crippen molar-refractivity contribution in [3.05, 3.63) is 48.0 Å². The number of anilines is 1. The minimum Gasteiger partial charge on any atom is -0.444 e. The van der Waals surface area contributed by atoms with Gasteiger partial charge in [0.2, 0.25) is 0 Å². The first kappa shape index (κ1) is 34.2. The number of ether oxygens (including phenoxy) is 2. The number of likely N-dealkylation sites (tertiary alicyclic amines) is 1. The van der Waals surface area contributed by atoms with Crippen LogP contribution in [-0.2, 0) is 20.8 Å². The van der Waals surface area contributed by atoms with E-state index in [1.54, 1.807) is 9.42 Å². The van der Waals surface area contributed by atoms with Crippen molar-refractivity contribution in [3.8, 4) is 11.1 Å². The average Bonchev–Trinajstić information content (AvgIpc) is 3.54. The predicted octanol–water partition coefficient (Wildman–Crippen LogP) is 3.74. The number of fused-ring (bicyclic) bond motifs is 1. The van der Waals surface area contributed by atoms with Crippen LogP contribution in [-0.4, -0.2) is 83.3 Å². The highest BCUT2D eigenvalue weighted by atomic mass is 16.6. The minimum atomic E-state index is -0.571. The van der Waals surface area contributed by atoms with Crippen molar-refractivity contribution in [3.63, 3.8) is 0 Å². The van der Waals surface area contributed by atoms with E-state index in [4.69, 9.17) is 10.5 Å². The van der Waals surface area contributed by atoms with Crippen LogP contribution in [0.5, 0.6) is 0 Å². The maximum atomic E-state index is 12.6. The van der Waals surface area contributed by atoms with Crippen LogP contribution in [0.2, 0.25) is 0 Å². The fraction of sp³-hybridized carbons (Fsp3) is 0.500. The number of rotatable bonds is 8. The molecule has 4 N–H and O–H groups in total. The lowest BCUT2D eigenvalue weighted by Gasteiger charge is -2.24. The first-order valence-corrected chi connectivity index (χ1v) is 14.1. The lowest BCUT2D eigenvalue weighted by atomic mass is 10.1. The maximum absolute atomic E-state index is 12.6. The second-order valence-electron chi connectivity index (χ2n) is 10.7. The number of hydrogen-bond donors (Lipinski definition) is 3. The van der Waals surface area contributed by atoms with Crippen LogP contribution in [0.15, 0.2) is 36.8 Å². The largest absolute Gasteiger partial charge is 0.444 e. The van der Waals surface area contributed by atoms with Gasteiger partial charge in [0.1, 0.15) is 18.5 Å². The molecular weight excluding hydrogens is 538 g/mol. The zero-order valence-corrected chi connectivity index (χ0v) is 25.9. The molecule has 0 radical (unpaired) electrons. The molecule has 230 valence electrons. The number of hydrogen-bond acceptors (Lipinski definition) is 9. The third-order valence-corrected chi connectivity index (χ3v) is 6.25. The lowest BCUT2D eigenvalue weighted by molar-refractivity contribution is -0.110. The molecule has 4 heterocycles. The highest BCUT2D eigenvalue weighted by Crippen LogP contribution is 2.31. The van der Waals surface area contributed by atoms with Crippen LogP contribution in [0.25, 0.3) is 16.6 Å². The van der Waals surface area contributed by atoms with E-state index >= 15 is 0 Å². The number of nitrogens with two attached hydrogens (primary N) is 1. The fourth-order valence-electron chi connectivity index (χ4n) is 4.32. The highest BCUT2D eigenvalue weighted by molar-refractivity contribution is 6.02. The molecule has 0 spiro atoms. The third-order valence-electron chi connectivity index (χ3n) is 6.25. The first-order chi connectivity index (χ1) is 20.0. The molecule has 12 nitrogen and oxygen atoms in total. The molecule has 3 aromatic heterocycles. The van der Waals surface area contributed by atoms with E-state index in [-0.39, 0.29) is 24.7 Å². The molecule has 0 saturated carbocycles. The van der Waals surface area contributed by atoms with Gasteiger partial charge in [-0.3, -0.25) is 9.78 Å². The van der Waals surface area contributed by atoms with E-state index in [0.717, 1.165) is 22.3 Å². The van der Waals surface area contributed by atoms with Crippen LogP contribution < -0.4 is 16.4 Å². The van der Waals surface area contributed by atoms with Gasteiger partial charge in [0.15, 0.2) is 0 Å². The number of nitrogens with one attached hydrogen (secondary N) is 2. The summed E-state index contributed by atoms with van der Waals surface area (Å²) in [7, 11) is 3.36. The van der Waals surface area contributed by atoms with Crippen molar-refractivity contribution in [2.24, 2.45) is 11.7 Å². The Kier molecular flexibility index (Phi) is 12.9. The molecule has 2 atom stereocenters. The number of methoxy groups -OCH3 is 1. The summed E-state index contributed by atoms with van der Waals surface area (Å²) < 4.78 is 11.6. The zero-order valence-electron chi connectivity index (χ0n) is 25.9. The number of carbonyl (C=O) groups excluding carboxylic acids is 3. The van der Waals surface area contributed by atoms with Gasteiger partial charge in [-0.25, -0.2) is 9.31 Å². The Labute approximate surface area is 248 Å². The second-order valence-corrected chi connectivity index (χ2v) is 10.7. The second kappa shape index (κ2) is 15.8. The lowest BCUT2D eigenvalue weighted by Crippen LogP contribution is -2.36. The average molecular weight is 584 g/mol. The van der Waals surface area contributed by atoms with E-state index in [1.165, 1.54) is 13.3 Å². The third kappa shape index (κ3) is 9.25. The minimum absolute atomic E-state index is 0.0901. The summed E-state index contributed by atoms with van der Waals surface area (Å²) in [4.78, 5) is 40.3. The number of aldehydes is 1. The predicted molar refractivity (Wildman–Crippen MR) is 163 cm³/mol. The molecule has 2 amide bonds. The smallest absolute Gasteiger partial charge is 0.410 e. The number of pyridine rings is 1. The standard InChI is InChI=1S/C25H33N7O3.C3H6O2.C2H6/c1-15-12-31(24(34)35-25(2,3)4)14-20(15)30-22-19(23(26)33)11-29-32-13-17(8-21(22)32)16-6-7-18(10-27-5)28-9-16;1-5-3-2-4;1-2/h6-9,11,13,15,20,27,30H,10,12,14H2,1-5H3,(H2,26,33);2H,3H2,1H3;1-2H3. The molecule has 1 aliphatic heterocycles.